The number of ether oxygens (including phenoxy) is 6. The van der Waals surface area contributed by atoms with Gasteiger partial charge in [0.2, 0.25) is 0 Å². The van der Waals surface area contributed by atoms with Gasteiger partial charge in [-0.1, -0.05) is 0 Å². The molecule has 0 heterocycles. The Morgan fingerprint density at radius 3 is 1.35 bits per heavy atom. The molecule has 0 aromatic carbocycles. The molecule has 0 aromatic rings. The van der Waals surface area contributed by atoms with Crippen molar-refractivity contribution in [2.24, 2.45) is 23.7 Å². The molecular weight excluding hydrogens is 666 g/mol. The standard InChI is InChI=1S/C30H42F6O12/c1-15(37)18-11-21(26(42)48-28(6,7)10-9-27(4,5)43-8)20(25(41)45-14-23(39)47-17(3)30(34,35)36)12-19(18)24(40)44-13-22(38)46-16(2)29(31,32)33/h16-21H,9-14H2,1-8H3. The Labute approximate surface area is 273 Å². The molecule has 12 nitrogen and oxygen atoms in total. The van der Waals surface area contributed by atoms with Crippen molar-refractivity contribution in [1.29, 1.82) is 0 Å². The van der Waals surface area contributed by atoms with Crippen molar-refractivity contribution < 1.29 is 83.5 Å². The van der Waals surface area contributed by atoms with Crippen molar-refractivity contribution in [3.05, 3.63) is 0 Å². The van der Waals surface area contributed by atoms with E-state index in [1.54, 1.807) is 27.7 Å². The molecule has 0 aromatic heterocycles. The highest BCUT2D eigenvalue weighted by Crippen LogP contribution is 2.42. The van der Waals surface area contributed by atoms with Crippen LogP contribution in [0.4, 0.5) is 26.3 Å². The lowest BCUT2D eigenvalue weighted by Crippen LogP contribution is -2.47. The zero-order valence-electron chi connectivity index (χ0n) is 27.9. The van der Waals surface area contributed by atoms with E-state index in [0.29, 0.717) is 20.3 Å². The van der Waals surface area contributed by atoms with Gasteiger partial charge in [0.05, 0.1) is 23.4 Å². The summed E-state index contributed by atoms with van der Waals surface area (Å²) in [5.41, 5.74) is -1.74. The Morgan fingerprint density at radius 1 is 0.625 bits per heavy atom. The van der Waals surface area contributed by atoms with Crippen molar-refractivity contribution in [2.45, 2.75) is 110 Å². The van der Waals surface area contributed by atoms with E-state index in [1.807, 2.05) is 0 Å². The van der Waals surface area contributed by atoms with Crippen LogP contribution in [0.1, 0.15) is 74.1 Å². The summed E-state index contributed by atoms with van der Waals surface area (Å²) in [6, 6.07) is 0. The summed E-state index contributed by atoms with van der Waals surface area (Å²) in [5, 5.41) is 0. The molecule has 0 N–H and O–H groups in total. The summed E-state index contributed by atoms with van der Waals surface area (Å²) < 4.78 is 106. The molecule has 48 heavy (non-hydrogen) atoms. The molecule has 276 valence electrons. The van der Waals surface area contributed by atoms with Gasteiger partial charge >= 0.3 is 42.2 Å². The number of ketones is 1. The molecule has 0 spiro atoms. The number of alkyl halides is 6. The number of rotatable bonds is 15. The van der Waals surface area contributed by atoms with E-state index in [-0.39, 0.29) is 6.42 Å². The fourth-order valence-electron chi connectivity index (χ4n) is 4.61. The predicted octanol–water partition coefficient (Wildman–Crippen LogP) is 4.44. The fourth-order valence-corrected chi connectivity index (χ4v) is 4.61. The smallest absolute Gasteiger partial charge is 0.425 e. The summed E-state index contributed by atoms with van der Waals surface area (Å²) in [5.74, 6) is -13.3. The van der Waals surface area contributed by atoms with E-state index in [4.69, 9.17) is 18.9 Å². The molecule has 6 atom stereocenters. The summed E-state index contributed by atoms with van der Waals surface area (Å²) >= 11 is 0. The maximum atomic E-state index is 13.5. The Kier molecular flexibility index (Phi) is 14.9. The average molecular weight is 709 g/mol. The van der Waals surface area contributed by atoms with Crippen LogP contribution in [0.5, 0.6) is 0 Å². The largest absolute Gasteiger partial charge is 0.459 e. The van der Waals surface area contributed by atoms with Gasteiger partial charge in [-0.3, -0.25) is 19.2 Å². The molecule has 0 radical (unpaired) electrons. The zero-order chi connectivity index (χ0) is 37.4. The monoisotopic (exact) mass is 708 g/mol. The second-order valence-corrected chi connectivity index (χ2v) is 12.7. The van der Waals surface area contributed by atoms with E-state index in [9.17, 15) is 55.1 Å². The van der Waals surface area contributed by atoms with Crippen molar-refractivity contribution in [3.8, 4) is 0 Å². The highest BCUT2D eigenvalue weighted by Gasteiger charge is 2.51. The molecule has 0 aliphatic heterocycles. The van der Waals surface area contributed by atoms with Gasteiger partial charge in [0.15, 0.2) is 25.4 Å². The number of Topliss-reactive ketones (excluding diaryl/α,β-unsaturated/α-hetero) is 1. The van der Waals surface area contributed by atoms with Gasteiger partial charge in [0.1, 0.15) is 11.4 Å². The first-order chi connectivity index (χ1) is 21.7. The topological polar surface area (TPSA) is 158 Å². The first-order valence-corrected chi connectivity index (χ1v) is 14.8. The molecule has 1 aliphatic carbocycles. The number of hydrogen-bond acceptors (Lipinski definition) is 12. The number of carbonyl (C=O) groups excluding carboxylic acids is 6. The lowest BCUT2D eigenvalue weighted by atomic mass is 9.67. The summed E-state index contributed by atoms with van der Waals surface area (Å²) in [6.45, 7) is 6.32. The molecule has 1 rings (SSSR count). The average Bonchev–Trinajstić information content (AvgIpc) is 2.95. The quantitative estimate of drug-likeness (QED) is 0.134. The second-order valence-electron chi connectivity index (χ2n) is 12.7. The van der Waals surface area contributed by atoms with Gasteiger partial charge in [-0.15, -0.1) is 0 Å². The van der Waals surface area contributed by atoms with Crippen molar-refractivity contribution in [1.82, 2.24) is 0 Å². The van der Waals surface area contributed by atoms with Crippen LogP contribution in [0.25, 0.3) is 0 Å². The summed E-state index contributed by atoms with van der Waals surface area (Å²) in [4.78, 5) is 76.1. The van der Waals surface area contributed by atoms with Crippen molar-refractivity contribution >= 4 is 35.6 Å². The number of carbonyl (C=O) groups is 6. The van der Waals surface area contributed by atoms with Crippen LogP contribution in [0.3, 0.4) is 0 Å². The van der Waals surface area contributed by atoms with Crippen LogP contribution in [-0.4, -0.2) is 91.7 Å². The molecular formula is C30H42F6O12. The van der Waals surface area contributed by atoms with Gasteiger partial charge in [-0.25, -0.2) is 9.59 Å². The second kappa shape index (κ2) is 16.8. The first kappa shape index (κ1) is 42.6. The minimum atomic E-state index is -4.91. The molecule has 0 saturated heterocycles. The molecule has 6 unspecified atom stereocenters. The van der Waals surface area contributed by atoms with Crippen LogP contribution in [0, 0.1) is 23.7 Å². The molecule has 0 amide bonds. The number of halogens is 6. The van der Waals surface area contributed by atoms with Crippen molar-refractivity contribution in [3.63, 3.8) is 0 Å². The molecule has 1 saturated carbocycles. The Morgan fingerprint density at radius 2 is 0.979 bits per heavy atom. The van der Waals surface area contributed by atoms with Crippen LogP contribution >= 0.6 is 0 Å². The van der Waals surface area contributed by atoms with Gasteiger partial charge < -0.3 is 28.4 Å². The summed E-state index contributed by atoms with van der Waals surface area (Å²) in [7, 11) is 1.49. The highest BCUT2D eigenvalue weighted by molar-refractivity contribution is 5.90. The SMILES string of the molecule is COC(C)(C)CCC(C)(C)OC(=O)C1CC(C(C)=O)C(C(=O)OCC(=O)OC(C)C(F)(F)F)CC1C(=O)OCC(=O)OC(C)C(F)(F)F. The van der Waals surface area contributed by atoms with E-state index in [1.165, 1.54) is 7.11 Å². The van der Waals surface area contributed by atoms with Gasteiger partial charge in [-0.2, -0.15) is 26.3 Å². The van der Waals surface area contributed by atoms with Gasteiger partial charge in [0, 0.05) is 13.0 Å². The normalized spacial score (nSPS) is 21.7. The van der Waals surface area contributed by atoms with Crippen LogP contribution in [0.2, 0.25) is 0 Å². The van der Waals surface area contributed by atoms with E-state index in [0.717, 1.165) is 6.92 Å². The Bertz CT molecular complexity index is 1180. The van der Waals surface area contributed by atoms with Gasteiger partial charge in [0.25, 0.3) is 0 Å². The molecule has 1 aliphatic rings. The third-order valence-corrected chi connectivity index (χ3v) is 7.88. The third kappa shape index (κ3) is 13.6. The summed E-state index contributed by atoms with van der Waals surface area (Å²) in [6.07, 6.45) is -15.3. The fraction of sp³-hybridized carbons (Fsp3) is 0.800. The minimum Gasteiger partial charge on any atom is -0.459 e. The molecule has 0 bridgehead atoms. The van der Waals surface area contributed by atoms with Crippen LogP contribution < -0.4 is 0 Å². The Balaban J connectivity index is 3.26. The molecule has 1 fully saturated rings. The zero-order valence-corrected chi connectivity index (χ0v) is 27.9. The maximum Gasteiger partial charge on any atom is 0.425 e. The van der Waals surface area contributed by atoms with Gasteiger partial charge in [-0.05, 0) is 74.1 Å². The van der Waals surface area contributed by atoms with E-state index < -0.39 is 121 Å². The lowest BCUT2D eigenvalue weighted by molar-refractivity contribution is -0.218. The minimum absolute atomic E-state index is 0.277. The lowest BCUT2D eigenvalue weighted by Gasteiger charge is -2.38. The number of methoxy groups -OCH3 is 1. The number of esters is 5. The Hall–Kier alpha value is -3.44. The maximum absolute atomic E-state index is 13.5. The highest BCUT2D eigenvalue weighted by atomic mass is 19.4. The predicted molar refractivity (Wildman–Crippen MR) is 150 cm³/mol. The first-order valence-electron chi connectivity index (χ1n) is 14.8. The van der Waals surface area contributed by atoms with Crippen molar-refractivity contribution in [2.75, 3.05) is 20.3 Å². The van der Waals surface area contributed by atoms with Crippen LogP contribution in [0.15, 0.2) is 0 Å². The third-order valence-electron chi connectivity index (χ3n) is 7.88. The van der Waals surface area contributed by atoms with Crippen LogP contribution in [-0.2, 0) is 57.2 Å². The number of hydrogen-bond donors (Lipinski definition) is 0. The van der Waals surface area contributed by atoms with E-state index in [2.05, 4.69) is 9.47 Å². The van der Waals surface area contributed by atoms with E-state index >= 15 is 0 Å². The molecule has 18 heteroatoms.